The van der Waals surface area contributed by atoms with E-state index in [2.05, 4.69) is 0 Å². The maximum absolute atomic E-state index is 13.0. The Bertz CT molecular complexity index is 113. The Balaban J connectivity index is 2.53. The highest BCUT2D eigenvalue weighted by Gasteiger charge is 2.43. The molecule has 66 valence electrons. The molecule has 0 spiro atoms. The average Bonchev–Trinajstić information content (AvgIpc) is 2.30. The molecule has 0 amide bonds. The van der Waals surface area contributed by atoms with Crippen LogP contribution in [0.2, 0.25) is 0 Å². The van der Waals surface area contributed by atoms with Crippen molar-refractivity contribution in [2.24, 2.45) is 0 Å². The topological polar surface area (TPSA) is 38.7 Å². The van der Waals surface area contributed by atoms with Crippen LogP contribution < -0.4 is 0 Å². The van der Waals surface area contributed by atoms with Crippen LogP contribution >= 0.6 is 0 Å². The number of alkyl halides is 1. The Labute approximate surface area is 65.1 Å². The Morgan fingerprint density at radius 3 is 2.55 bits per heavy atom. The lowest BCUT2D eigenvalue weighted by molar-refractivity contribution is -0.148. The highest BCUT2D eigenvalue weighted by atomic mass is 19.1. The molecule has 1 aliphatic rings. The van der Waals surface area contributed by atoms with Crippen LogP contribution in [0.15, 0.2) is 0 Å². The molecule has 0 aromatic heterocycles. The first-order valence-electron chi connectivity index (χ1n) is 3.71. The zero-order valence-electron chi connectivity index (χ0n) is 6.66. The van der Waals surface area contributed by atoms with Crippen molar-refractivity contribution in [2.45, 2.75) is 38.0 Å². The molecule has 0 radical (unpaired) electrons. The smallest absolute Gasteiger partial charge is 0.186 e. The Kier molecular flexibility index (Phi) is 2.81. The van der Waals surface area contributed by atoms with Crippen molar-refractivity contribution in [3.63, 3.8) is 0 Å². The van der Waals surface area contributed by atoms with Gasteiger partial charge in [0.1, 0.15) is 6.10 Å². The SMILES string of the molecule is CC[C@H]1O[C@H](OC)[C@@H](O)[C@@H]1F. The van der Waals surface area contributed by atoms with Crippen LogP contribution in [-0.2, 0) is 9.47 Å². The lowest BCUT2D eigenvalue weighted by atomic mass is 10.1. The zero-order valence-corrected chi connectivity index (χ0v) is 6.66. The van der Waals surface area contributed by atoms with E-state index in [4.69, 9.17) is 14.6 Å². The molecule has 1 fully saturated rings. The molecule has 11 heavy (non-hydrogen) atoms. The molecule has 0 aliphatic carbocycles. The van der Waals surface area contributed by atoms with Gasteiger partial charge in [-0.2, -0.15) is 0 Å². The maximum Gasteiger partial charge on any atom is 0.186 e. The molecular weight excluding hydrogens is 151 g/mol. The molecule has 1 N–H and O–H groups in total. The summed E-state index contributed by atoms with van der Waals surface area (Å²) in [6.45, 7) is 1.81. The third kappa shape index (κ3) is 1.52. The predicted molar refractivity (Wildman–Crippen MR) is 36.9 cm³/mol. The third-order valence-electron chi connectivity index (χ3n) is 1.90. The van der Waals surface area contributed by atoms with E-state index in [1.165, 1.54) is 7.11 Å². The van der Waals surface area contributed by atoms with Crippen molar-refractivity contribution >= 4 is 0 Å². The van der Waals surface area contributed by atoms with Crippen LogP contribution in [-0.4, -0.2) is 36.9 Å². The van der Waals surface area contributed by atoms with E-state index < -0.39 is 24.7 Å². The molecule has 4 heteroatoms. The van der Waals surface area contributed by atoms with Gasteiger partial charge >= 0.3 is 0 Å². The molecule has 0 saturated carbocycles. The van der Waals surface area contributed by atoms with Gasteiger partial charge in [-0.15, -0.1) is 0 Å². The predicted octanol–water partition coefficient (Wildman–Crippen LogP) is 0.467. The van der Waals surface area contributed by atoms with Gasteiger partial charge in [0.2, 0.25) is 0 Å². The standard InChI is InChI=1S/C7H13FO3/c1-3-4-5(8)6(9)7(10-2)11-4/h4-7,9H,3H2,1-2H3/t4-,5-,6+,7+/m1/s1. The summed E-state index contributed by atoms with van der Waals surface area (Å²) in [5.74, 6) is 0. The van der Waals surface area contributed by atoms with E-state index in [9.17, 15) is 4.39 Å². The van der Waals surface area contributed by atoms with Crippen LogP contribution in [0.4, 0.5) is 4.39 Å². The summed E-state index contributed by atoms with van der Waals surface area (Å²) >= 11 is 0. The van der Waals surface area contributed by atoms with Gasteiger partial charge in [-0.05, 0) is 6.42 Å². The first-order chi connectivity index (χ1) is 5.20. The second-order valence-corrected chi connectivity index (χ2v) is 2.62. The quantitative estimate of drug-likeness (QED) is 0.644. The summed E-state index contributed by atoms with van der Waals surface area (Å²) in [6, 6.07) is 0. The summed E-state index contributed by atoms with van der Waals surface area (Å²) in [5.41, 5.74) is 0. The molecule has 4 atom stereocenters. The van der Waals surface area contributed by atoms with Crippen LogP contribution in [0, 0.1) is 0 Å². The highest BCUT2D eigenvalue weighted by Crippen LogP contribution is 2.25. The monoisotopic (exact) mass is 164 g/mol. The van der Waals surface area contributed by atoms with Crippen LogP contribution in [0.1, 0.15) is 13.3 Å². The fourth-order valence-corrected chi connectivity index (χ4v) is 1.21. The second-order valence-electron chi connectivity index (χ2n) is 2.62. The summed E-state index contributed by atoms with van der Waals surface area (Å²) in [6.07, 6.45) is -3.21. The van der Waals surface area contributed by atoms with Gasteiger partial charge in [0, 0.05) is 7.11 Å². The summed E-state index contributed by atoms with van der Waals surface area (Å²) < 4.78 is 22.7. The molecule has 0 unspecified atom stereocenters. The minimum absolute atomic E-state index is 0.519. The second kappa shape index (κ2) is 3.47. The van der Waals surface area contributed by atoms with E-state index in [-0.39, 0.29) is 0 Å². The lowest BCUT2D eigenvalue weighted by Crippen LogP contribution is -2.29. The van der Waals surface area contributed by atoms with E-state index in [0.717, 1.165) is 0 Å². The van der Waals surface area contributed by atoms with E-state index >= 15 is 0 Å². The van der Waals surface area contributed by atoms with E-state index in [0.29, 0.717) is 6.42 Å². The lowest BCUT2D eigenvalue weighted by Gasteiger charge is -2.10. The Hall–Kier alpha value is -0.190. The van der Waals surface area contributed by atoms with Crippen LogP contribution in [0.3, 0.4) is 0 Å². The van der Waals surface area contributed by atoms with E-state index in [1.54, 1.807) is 0 Å². The summed E-state index contributed by atoms with van der Waals surface area (Å²) in [5, 5.41) is 9.13. The largest absolute Gasteiger partial charge is 0.385 e. The maximum atomic E-state index is 13.0. The first kappa shape index (κ1) is 8.90. The number of hydrogen-bond acceptors (Lipinski definition) is 3. The molecule has 3 nitrogen and oxygen atoms in total. The minimum Gasteiger partial charge on any atom is -0.385 e. The average molecular weight is 164 g/mol. The first-order valence-corrected chi connectivity index (χ1v) is 3.71. The van der Waals surface area contributed by atoms with Gasteiger partial charge in [0.15, 0.2) is 12.5 Å². The number of methoxy groups -OCH3 is 1. The van der Waals surface area contributed by atoms with Gasteiger partial charge < -0.3 is 14.6 Å². The number of aliphatic hydroxyl groups excluding tert-OH is 1. The molecule has 1 saturated heterocycles. The molecule has 1 aliphatic heterocycles. The summed E-state index contributed by atoms with van der Waals surface area (Å²) in [7, 11) is 1.39. The molecule has 1 rings (SSSR count). The van der Waals surface area contributed by atoms with Gasteiger partial charge in [0.05, 0.1) is 6.10 Å². The Morgan fingerprint density at radius 2 is 2.27 bits per heavy atom. The van der Waals surface area contributed by atoms with Crippen LogP contribution in [0.25, 0.3) is 0 Å². The van der Waals surface area contributed by atoms with Crippen molar-refractivity contribution in [1.82, 2.24) is 0 Å². The fourth-order valence-electron chi connectivity index (χ4n) is 1.21. The van der Waals surface area contributed by atoms with Crippen molar-refractivity contribution in [3.8, 4) is 0 Å². The molecule has 0 aromatic carbocycles. The van der Waals surface area contributed by atoms with Gasteiger partial charge in [-0.1, -0.05) is 6.92 Å². The number of hydrogen-bond donors (Lipinski definition) is 1. The van der Waals surface area contributed by atoms with Crippen molar-refractivity contribution in [3.05, 3.63) is 0 Å². The number of aliphatic hydroxyl groups is 1. The van der Waals surface area contributed by atoms with Crippen molar-refractivity contribution < 1.29 is 19.0 Å². The fraction of sp³-hybridized carbons (Fsp3) is 1.00. The molecule has 0 aromatic rings. The van der Waals surface area contributed by atoms with Gasteiger partial charge in [-0.25, -0.2) is 4.39 Å². The minimum atomic E-state index is -1.31. The molecule has 0 bridgehead atoms. The van der Waals surface area contributed by atoms with Gasteiger partial charge in [0.25, 0.3) is 0 Å². The van der Waals surface area contributed by atoms with Crippen molar-refractivity contribution in [1.29, 1.82) is 0 Å². The Morgan fingerprint density at radius 1 is 1.64 bits per heavy atom. The number of halogens is 1. The normalized spacial score (nSPS) is 44.7. The van der Waals surface area contributed by atoms with Gasteiger partial charge in [-0.3, -0.25) is 0 Å². The molecular formula is C7H13FO3. The molecule has 1 heterocycles. The third-order valence-corrected chi connectivity index (χ3v) is 1.90. The number of rotatable bonds is 2. The summed E-state index contributed by atoms with van der Waals surface area (Å²) in [4.78, 5) is 0. The zero-order chi connectivity index (χ0) is 8.43. The van der Waals surface area contributed by atoms with Crippen LogP contribution in [0.5, 0.6) is 0 Å². The van der Waals surface area contributed by atoms with Crippen molar-refractivity contribution in [2.75, 3.05) is 7.11 Å². The highest BCUT2D eigenvalue weighted by molar-refractivity contribution is 4.85. The van der Waals surface area contributed by atoms with E-state index in [1.807, 2.05) is 6.92 Å². The number of ether oxygens (including phenoxy) is 2.